The number of hydrogen-bond acceptors (Lipinski definition) is 6. The maximum Gasteiger partial charge on any atom is 0.286 e. The van der Waals surface area contributed by atoms with E-state index in [0.29, 0.717) is 9.23 Å². The molecule has 0 aliphatic carbocycles. The van der Waals surface area contributed by atoms with Crippen molar-refractivity contribution >= 4 is 57.9 Å². The van der Waals surface area contributed by atoms with Crippen LogP contribution in [0.25, 0.3) is 6.08 Å². The zero-order chi connectivity index (χ0) is 20.3. The van der Waals surface area contributed by atoms with Crippen molar-refractivity contribution in [2.45, 2.75) is 0 Å². The van der Waals surface area contributed by atoms with E-state index >= 15 is 0 Å². The first-order chi connectivity index (χ1) is 13.3. The maximum atomic E-state index is 12.7. The van der Waals surface area contributed by atoms with E-state index in [4.69, 9.17) is 12.2 Å². The Balaban J connectivity index is 1.74. The molecule has 3 rings (SSSR count). The summed E-state index contributed by atoms with van der Waals surface area (Å²) in [5.41, 5.74) is 4.07. The van der Waals surface area contributed by atoms with E-state index in [0.717, 1.165) is 22.5 Å². The van der Waals surface area contributed by atoms with Crippen molar-refractivity contribution in [3.8, 4) is 0 Å². The molecule has 7 heteroatoms. The number of carbonyl (C=O) groups is 1. The average Bonchev–Trinajstić information content (AvgIpc) is 2.94. The van der Waals surface area contributed by atoms with E-state index in [1.165, 1.54) is 16.8 Å². The lowest BCUT2D eigenvalue weighted by Crippen LogP contribution is -2.22. The Bertz CT molecular complexity index is 932. The van der Waals surface area contributed by atoms with Crippen LogP contribution in [0.1, 0.15) is 11.1 Å². The molecular weight excluding hydrogens is 388 g/mol. The molecule has 0 N–H and O–H groups in total. The van der Waals surface area contributed by atoms with Crippen LogP contribution in [-0.4, -0.2) is 49.6 Å². The molecule has 1 aliphatic heterocycles. The first-order valence-electron chi connectivity index (χ1n) is 8.72. The number of hydrogen-bond donors (Lipinski definition) is 0. The molecule has 1 aliphatic rings. The molecule has 2 aromatic rings. The van der Waals surface area contributed by atoms with Gasteiger partial charge in [-0.25, -0.2) is 0 Å². The van der Waals surface area contributed by atoms with E-state index in [9.17, 15) is 4.79 Å². The molecule has 0 spiro atoms. The SMILES string of the molecule is CN(C)c1ccc(/C=N\N2C(=O)/C(=C/c3ccc(N(C)C)cc3)SC2=S)cc1. The molecule has 2 aromatic carbocycles. The Hall–Kier alpha value is -2.64. The van der Waals surface area contributed by atoms with E-state index in [2.05, 4.69) is 5.10 Å². The lowest BCUT2D eigenvalue weighted by atomic mass is 10.2. The van der Waals surface area contributed by atoms with Gasteiger partial charge in [-0.05, 0) is 53.7 Å². The lowest BCUT2D eigenvalue weighted by molar-refractivity contribution is -0.122. The van der Waals surface area contributed by atoms with Gasteiger partial charge in [0, 0.05) is 39.6 Å². The zero-order valence-corrected chi connectivity index (χ0v) is 17.9. The quantitative estimate of drug-likeness (QED) is 0.422. The van der Waals surface area contributed by atoms with Crippen molar-refractivity contribution in [1.29, 1.82) is 0 Å². The Morgan fingerprint density at radius 2 is 1.39 bits per heavy atom. The van der Waals surface area contributed by atoms with Crippen LogP contribution < -0.4 is 9.80 Å². The predicted molar refractivity (Wildman–Crippen MR) is 124 cm³/mol. The summed E-state index contributed by atoms with van der Waals surface area (Å²) < 4.78 is 0.433. The highest BCUT2D eigenvalue weighted by molar-refractivity contribution is 8.26. The van der Waals surface area contributed by atoms with Crippen LogP contribution in [0.4, 0.5) is 11.4 Å². The van der Waals surface area contributed by atoms with Gasteiger partial charge in [0.15, 0.2) is 4.32 Å². The molecule has 0 saturated carbocycles. The van der Waals surface area contributed by atoms with E-state index < -0.39 is 0 Å². The lowest BCUT2D eigenvalue weighted by Gasteiger charge is -2.12. The van der Waals surface area contributed by atoms with Gasteiger partial charge in [0.25, 0.3) is 5.91 Å². The smallest absolute Gasteiger partial charge is 0.286 e. The van der Waals surface area contributed by atoms with Gasteiger partial charge in [-0.1, -0.05) is 36.0 Å². The molecule has 1 fully saturated rings. The molecule has 5 nitrogen and oxygen atoms in total. The molecule has 0 atom stereocenters. The van der Waals surface area contributed by atoms with Gasteiger partial charge in [0.2, 0.25) is 0 Å². The number of hydrazone groups is 1. The highest BCUT2D eigenvalue weighted by Gasteiger charge is 2.32. The fourth-order valence-electron chi connectivity index (χ4n) is 2.56. The van der Waals surface area contributed by atoms with Crippen LogP contribution in [-0.2, 0) is 4.79 Å². The first-order valence-corrected chi connectivity index (χ1v) is 9.94. The minimum Gasteiger partial charge on any atom is -0.378 e. The van der Waals surface area contributed by atoms with Crippen LogP contribution in [0.3, 0.4) is 0 Å². The third kappa shape index (κ3) is 4.61. The number of amides is 1. The van der Waals surface area contributed by atoms with Crippen molar-refractivity contribution in [2.24, 2.45) is 5.10 Å². The van der Waals surface area contributed by atoms with Crippen molar-refractivity contribution in [3.63, 3.8) is 0 Å². The third-order valence-corrected chi connectivity index (χ3v) is 5.50. The van der Waals surface area contributed by atoms with Gasteiger partial charge in [0.1, 0.15) is 0 Å². The van der Waals surface area contributed by atoms with Crippen molar-refractivity contribution in [2.75, 3.05) is 38.0 Å². The molecule has 0 radical (unpaired) electrons. The van der Waals surface area contributed by atoms with E-state index in [-0.39, 0.29) is 5.91 Å². The minimum absolute atomic E-state index is 0.201. The highest BCUT2D eigenvalue weighted by Crippen LogP contribution is 2.33. The first kappa shape index (κ1) is 20.1. The van der Waals surface area contributed by atoms with Crippen LogP contribution in [0.2, 0.25) is 0 Å². The molecule has 28 heavy (non-hydrogen) atoms. The van der Waals surface area contributed by atoms with Gasteiger partial charge >= 0.3 is 0 Å². The number of carbonyl (C=O) groups excluding carboxylic acids is 1. The third-order valence-electron chi connectivity index (χ3n) is 4.21. The van der Waals surface area contributed by atoms with Gasteiger partial charge < -0.3 is 9.80 Å². The predicted octanol–water partition coefficient (Wildman–Crippen LogP) is 4.05. The Morgan fingerprint density at radius 1 is 0.893 bits per heavy atom. The molecule has 0 aromatic heterocycles. The number of thioether (sulfide) groups is 1. The largest absolute Gasteiger partial charge is 0.378 e. The van der Waals surface area contributed by atoms with Gasteiger partial charge in [0.05, 0.1) is 11.1 Å². The fraction of sp³-hybridized carbons (Fsp3) is 0.190. The molecule has 1 saturated heterocycles. The molecular formula is C21H22N4OS2. The topological polar surface area (TPSA) is 39.1 Å². The second kappa shape index (κ2) is 8.58. The average molecular weight is 411 g/mol. The van der Waals surface area contributed by atoms with Crippen molar-refractivity contribution < 1.29 is 4.79 Å². The summed E-state index contributed by atoms with van der Waals surface area (Å²) in [6, 6.07) is 15.9. The van der Waals surface area contributed by atoms with Crippen LogP contribution in [0.15, 0.2) is 58.5 Å². The standard InChI is InChI=1S/C21H22N4OS2/c1-23(2)17-9-5-15(6-10-17)13-19-20(26)25(21(27)28-19)22-14-16-7-11-18(12-8-16)24(3)4/h5-14H,1-4H3/b19-13-,22-14-. The second-order valence-corrected chi connectivity index (χ2v) is 8.39. The maximum absolute atomic E-state index is 12.7. The zero-order valence-electron chi connectivity index (χ0n) is 16.3. The summed E-state index contributed by atoms with van der Waals surface area (Å²) in [5.74, 6) is -0.201. The molecule has 144 valence electrons. The Labute approximate surface area is 175 Å². The van der Waals surface area contributed by atoms with Crippen LogP contribution >= 0.6 is 24.0 Å². The van der Waals surface area contributed by atoms with Crippen LogP contribution in [0, 0.1) is 0 Å². The molecule has 1 heterocycles. The second-order valence-electron chi connectivity index (χ2n) is 6.71. The number of anilines is 2. The van der Waals surface area contributed by atoms with Gasteiger partial charge in [-0.3, -0.25) is 4.79 Å². The number of rotatable bonds is 5. The van der Waals surface area contributed by atoms with Crippen LogP contribution in [0.5, 0.6) is 0 Å². The van der Waals surface area contributed by atoms with Gasteiger partial charge in [-0.15, -0.1) is 0 Å². The summed E-state index contributed by atoms with van der Waals surface area (Å²) in [5, 5.41) is 5.57. The number of thiocarbonyl (C=S) groups is 1. The summed E-state index contributed by atoms with van der Waals surface area (Å²) in [6.07, 6.45) is 3.50. The highest BCUT2D eigenvalue weighted by atomic mass is 32.2. The number of benzene rings is 2. The van der Waals surface area contributed by atoms with Gasteiger partial charge in [-0.2, -0.15) is 10.1 Å². The monoisotopic (exact) mass is 410 g/mol. The minimum atomic E-state index is -0.201. The van der Waals surface area contributed by atoms with Crippen molar-refractivity contribution in [1.82, 2.24) is 5.01 Å². The molecule has 1 amide bonds. The number of nitrogens with zero attached hydrogens (tertiary/aromatic N) is 4. The summed E-state index contributed by atoms with van der Waals surface area (Å²) in [7, 11) is 7.96. The Morgan fingerprint density at radius 3 is 1.89 bits per heavy atom. The Kier molecular flexibility index (Phi) is 6.16. The normalized spacial score (nSPS) is 15.7. The van der Waals surface area contributed by atoms with Crippen molar-refractivity contribution in [3.05, 3.63) is 64.6 Å². The molecule has 0 unspecified atom stereocenters. The van der Waals surface area contributed by atoms with E-state index in [1.807, 2.05) is 92.6 Å². The summed E-state index contributed by atoms with van der Waals surface area (Å²) in [6.45, 7) is 0. The van der Waals surface area contributed by atoms with E-state index in [1.54, 1.807) is 6.21 Å². The summed E-state index contributed by atoms with van der Waals surface area (Å²) in [4.78, 5) is 17.3. The fourth-order valence-corrected chi connectivity index (χ4v) is 3.73. The summed E-state index contributed by atoms with van der Waals surface area (Å²) >= 11 is 6.60. The molecule has 0 bridgehead atoms.